The number of hydrogen-bond donors (Lipinski definition) is 2. The van der Waals surface area contributed by atoms with Crippen LogP contribution < -0.4 is 10.6 Å². The molecule has 0 aliphatic rings. The summed E-state index contributed by atoms with van der Waals surface area (Å²) in [6, 6.07) is 7.52. The Labute approximate surface area is 105 Å². The Morgan fingerprint density at radius 3 is 2.41 bits per heavy atom. The van der Waals surface area contributed by atoms with E-state index in [1.54, 1.807) is 0 Å². The van der Waals surface area contributed by atoms with Crippen LogP contribution in [0.2, 0.25) is 0 Å². The van der Waals surface area contributed by atoms with Crippen molar-refractivity contribution < 1.29 is 9.59 Å². The van der Waals surface area contributed by atoms with E-state index in [1.165, 1.54) is 0 Å². The molecule has 1 rings (SSSR count). The van der Waals surface area contributed by atoms with E-state index < -0.39 is 0 Å². The number of alkyl halides is 1. The van der Waals surface area contributed by atoms with Crippen molar-refractivity contribution >= 4 is 29.1 Å². The molecule has 0 aliphatic heterocycles. The molecule has 1 aromatic rings. The molecule has 1 aromatic carbocycles. The lowest BCUT2D eigenvalue weighted by Crippen LogP contribution is -2.28. The number of amides is 2. The van der Waals surface area contributed by atoms with Crippen LogP contribution in [0.4, 0.5) is 5.69 Å². The summed E-state index contributed by atoms with van der Waals surface area (Å²) in [5.41, 5.74) is 1.89. The SMILES string of the molecule is Cc1ccc(NC(=O)CCNC(=O)CCl)cc1. The Kier molecular flexibility index (Phi) is 5.49. The molecule has 0 aromatic heterocycles. The van der Waals surface area contributed by atoms with Gasteiger partial charge in [0.25, 0.3) is 0 Å². The molecule has 2 N–H and O–H groups in total. The molecule has 0 radical (unpaired) electrons. The van der Waals surface area contributed by atoms with Gasteiger partial charge in [-0.05, 0) is 19.1 Å². The average molecular weight is 255 g/mol. The fourth-order valence-corrected chi connectivity index (χ4v) is 1.32. The fourth-order valence-electron chi connectivity index (χ4n) is 1.22. The Morgan fingerprint density at radius 2 is 1.82 bits per heavy atom. The molecular weight excluding hydrogens is 240 g/mol. The summed E-state index contributed by atoms with van der Waals surface area (Å²) in [4.78, 5) is 22.3. The Balaban J connectivity index is 2.30. The van der Waals surface area contributed by atoms with Gasteiger partial charge in [-0.25, -0.2) is 0 Å². The predicted octanol–water partition coefficient (Wildman–Crippen LogP) is 1.68. The average Bonchev–Trinajstić information content (AvgIpc) is 2.32. The van der Waals surface area contributed by atoms with Gasteiger partial charge < -0.3 is 10.6 Å². The van der Waals surface area contributed by atoms with Crippen molar-refractivity contribution in [3.63, 3.8) is 0 Å². The second-order valence-corrected chi connectivity index (χ2v) is 3.92. The standard InChI is InChI=1S/C12H15ClN2O2/c1-9-2-4-10(5-3-9)15-11(16)6-7-14-12(17)8-13/h2-5H,6-8H2,1H3,(H,14,17)(H,15,16). The fraction of sp³-hybridized carbons (Fsp3) is 0.333. The minimum atomic E-state index is -0.269. The Hall–Kier alpha value is -1.55. The second kappa shape index (κ2) is 6.91. The third kappa shape index (κ3) is 5.36. The number of aryl methyl sites for hydroxylation is 1. The van der Waals surface area contributed by atoms with Crippen LogP contribution in [0.5, 0.6) is 0 Å². The number of carbonyl (C=O) groups is 2. The van der Waals surface area contributed by atoms with Crippen molar-refractivity contribution in [1.82, 2.24) is 5.32 Å². The molecular formula is C12H15ClN2O2. The highest BCUT2D eigenvalue weighted by atomic mass is 35.5. The largest absolute Gasteiger partial charge is 0.355 e. The first-order valence-electron chi connectivity index (χ1n) is 5.31. The third-order valence-electron chi connectivity index (χ3n) is 2.13. The molecule has 0 saturated carbocycles. The Bertz CT molecular complexity index is 390. The van der Waals surface area contributed by atoms with Crippen LogP contribution in [0.25, 0.3) is 0 Å². The van der Waals surface area contributed by atoms with E-state index in [0.717, 1.165) is 11.3 Å². The normalized spacial score (nSPS) is 9.76. The van der Waals surface area contributed by atoms with Gasteiger partial charge in [0.2, 0.25) is 11.8 Å². The third-order valence-corrected chi connectivity index (χ3v) is 2.37. The zero-order valence-electron chi connectivity index (χ0n) is 9.63. The molecule has 4 nitrogen and oxygen atoms in total. The molecule has 0 bridgehead atoms. The highest BCUT2D eigenvalue weighted by Crippen LogP contribution is 2.08. The molecule has 0 unspecified atom stereocenters. The lowest BCUT2D eigenvalue weighted by Gasteiger charge is -2.06. The van der Waals surface area contributed by atoms with Gasteiger partial charge in [0.15, 0.2) is 0 Å². The zero-order valence-corrected chi connectivity index (χ0v) is 10.4. The van der Waals surface area contributed by atoms with Gasteiger partial charge in [-0.15, -0.1) is 11.6 Å². The van der Waals surface area contributed by atoms with E-state index in [-0.39, 0.29) is 24.1 Å². The highest BCUT2D eigenvalue weighted by Gasteiger charge is 2.03. The van der Waals surface area contributed by atoms with Crippen LogP contribution in [-0.4, -0.2) is 24.2 Å². The molecule has 0 heterocycles. The van der Waals surface area contributed by atoms with Gasteiger partial charge in [0, 0.05) is 18.7 Å². The molecule has 0 atom stereocenters. The summed E-state index contributed by atoms with van der Waals surface area (Å²) in [5, 5.41) is 5.26. The quantitative estimate of drug-likeness (QED) is 0.786. The molecule has 92 valence electrons. The van der Waals surface area contributed by atoms with E-state index in [2.05, 4.69) is 10.6 Å². The van der Waals surface area contributed by atoms with Crippen molar-refractivity contribution in [2.45, 2.75) is 13.3 Å². The number of carbonyl (C=O) groups excluding carboxylic acids is 2. The maximum atomic E-state index is 11.5. The van der Waals surface area contributed by atoms with Gasteiger partial charge in [0.1, 0.15) is 5.88 Å². The predicted molar refractivity (Wildman–Crippen MR) is 68.2 cm³/mol. The lowest BCUT2D eigenvalue weighted by atomic mass is 10.2. The summed E-state index contributed by atoms with van der Waals surface area (Å²) in [6.07, 6.45) is 0.233. The van der Waals surface area contributed by atoms with Gasteiger partial charge in [0.05, 0.1) is 0 Å². The topological polar surface area (TPSA) is 58.2 Å². The summed E-state index contributed by atoms with van der Waals surface area (Å²) >= 11 is 5.30. The minimum absolute atomic E-state index is 0.0837. The second-order valence-electron chi connectivity index (χ2n) is 3.65. The van der Waals surface area contributed by atoms with E-state index in [1.807, 2.05) is 31.2 Å². The van der Waals surface area contributed by atoms with E-state index in [9.17, 15) is 9.59 Å². The number of anilines is 1. The maximum absolute atomic E-state index is 11.5. The number of rotatable bonds is 5. The first-order chi connectivity index (χ1) is 8.11. The van der Waals surface area contributed by atoms with Crippen molar-refractivity contribution in [3.8, 4) is 0 Å². The van der Waals surface area contributed by atoms with E-state index >= 15 is 0 Å². The van der Waals surface area contributed by atoms with Crippen LogP contribution in [0.1, 0.15) is 12.0 Å². The summed E-state index contributed by atoms with van der Waals surface area (Å²) in [7, 11) is 0. The smallest absolute Gasteiger partial charge is 0.234 e. The van der Waals surface area contributed by atoms with Crippen molar-refractivity contribution in [3.05, 3.63) is 29.8 Å². The highest BCUT2D eigenvalue weighted by molar-refractivity contribution is 6.27. The van der Waals surface area contributed by atoms with Crippen LogP contribution in [0.15, 0.2) is 24.3 Å². The van der Waals surface area contributed by atoms with Crippen LogP contribution >= 0.6 is 11.6 Å². The maximum Gasteiger partial charge on any atom is 0.234 e. The van der Waals surface area contributed by atoms with Crippen molar-refractivity contribution in [2.75, 3.05) is 17.7 Å². The molecule has 5 heteroatoms. The van der Waals surface area contributed by atoms with Gasteiger partial charge in [-0.2, -0.15) is 0 Å². The summed E-state index contributed by atoms with van der Waals surface area (Å²) in [6.45, 7) is 2.27. The number of nitrogens with one attached hydrogen (secondary N) is 2. The van der Waals surface area contributed by atoms with Gasteiger partial charge >= 0.3 is 0 Å². The number of hydrogen-bond acceptors (Lipinski definition) is 2. The van der Waals surface area contributed by atoms with Crippen molar-refractivity contribution in [1.29, 1.82) is 0 Å². The lowest BCUT2D eigenvalue weighted by molar-refractivity contribution is -0.119. The molecule has 0 aliphatic carbocycles. The molecule has 17 heavy (non-hydrogen) atoms. The molecule has 0 saturated heterocycles. The monoisotopic (exact) mass is 254 g/mol. The minimum Gasteiger partial charge on any atom is -0.355 e. The Morgan fingerprint density at radius 1 is 1.18 bits per heavy atom. The van der Waals surface area contributed by atoms with Gasteiger partial charge in [-0.3, -0.25) is 9.59 Å². The van der Waals surface area contributed by atoms with E-state index in [0.29, 0.717) is 6.54 Å². The number of benzene rings is 1. The first-order valence-corrected chi connectivity index (χ1v) is 5.84. The summed E-state index contributed by atoms with van der Waals surface area (Å²) < 4.78 is 0. The van der Waals surface area contributed by atoms with E-state index in [4.69, 9.17) is 11.6 Å². The van der Waals surface area contributed by atoms with Crippen LogP contribution in [-0.2, 0) is 9.59 Å². The number of halogens is 1. The molecule has 0 spiro atoms. The summed E-state index contributed by atoms with van der Waals surface area (Å²) in [5.74, 6) is -0.488. The van der Waals surface area contributed by atoms with Crippen LogP contribution in [0.3, 0.4) is 0 Å². The zero-order chi connectivity index (χ0) is 12.7. The van der Waals surface area contributed by atoms with Gasteiger partial charge in [-0.1, -0.05) is 17.7 Å². The van der Waals surface area contributed by atoms with Crippen molar-refractivity contribution in [2.24, 2.45) is 0 Å². The van der Waals surface area contributed by atoms with Crippen LogP contribution in [0, 0.1) is 6.92 Å². The molecule has 0 fully saturated rings. The first kappa shape index (κ1) is 13.5. The molecule has 2 amide bonds.